The quantitative estimate of drug-likeness (QED) is 0.0900. The zero-order valence-corrected chi connectivity index (χ0v) is 27.1. The summed E-state index contributed by atoms with van der Waals surface area (Å²) in [5, 5.41) is 23.8. The number of aromatic amines is 1. The van der Waals surface area contributed by atoms with Gasteiger partial charge in [-0.05, 0) is 73.5 Å². The standard InChI is InChI=1S/C36H29F3N6O7/c37-36(38,39)30-18-27(43-44-30)25-12-10-23(17-29(25)46)52-19-32(48)41-22-8-6-21(7-9-22)40-15-3-1-2-4-20-5-11-24-26(16-20)35(51)45(34(24)50)28-13-14-31(47)42-33(28)49/h5-12,16-18,28,40,46H,1,3,13-15,19H2,(H,41,48)(H,43,44)(H,42,47,49). The molecule has 0 radical (unpaired) electrons. The van der Waals surface area contributed by atoms with Crippen LogP contribution in [0.2, 0.25) is 0 Å². The second kappa shape index (κ2) is 14.7. The maximum absolute atomic E-state index is 13.0. The number of benzene rings is 3. The highest BCUT2D eigenvalue weighted by Crippen LogP contribution is 2.35. The van der Waals surface area contributed by atoms with Gasteiger partial charge in [-0.3, -0.25) is 39.3 Å². The van der Waals surface area contributed by atoms with E-state index in [1.165, 1.54) is 30.3 Å². The number of imide groups is 2. The van der Waals surface area contributed by atoms with Crippen LogP contribution < -0.4 is 20.7 Å². The number of rotatable bonds is 10. The Morgan fingerprint density at radius 2 is 1.69 bits per heavy atom. The number of nitrogens with one attached hydrogen (secondary N) is 4. The molecule has 0 bridgehead atoms. The smallest absolute Gasteiger partial charge is 0.432 e. The van der Waals surface area contributed by atoms with Gasteiger partial charge in [0.05, 0.1) is 16.8 Å². The minimum Gasteiger partial charge on any atom is -0.507 e. The van der Waals surface area contributed by atoms with Gasteiger partial charge < -0.3 is 20.5 Å². The summed E-state index contributed by atoms with van der Waals surface area (Å²) in [7, 11) is 0. The van der Waals surface area contributed by atoms with E-state index in [2.05, 4.69) is 32.9 Å². The predicted molar refractivity (Wildman–Crippen MR) is 179 cm³/mol. The number of piperidine rings is 1. The Kier molecular flexibility index (Phi) is 9.95. The van der Waals surface area contributed by atoms with E-state index < -0.39 is 47.4 Å². The van der Waals surface area contributed by atoms with Gasteiger partial charge in [-0.15, -0.1) is 0 Å². The molecule has 266 valence electrons. The van der Waals surface area contributed by atoms with E-state index in [4.69, 9.17) is 4.74 Å². The van der Waals surface area contributed by atoms with Gasteiger partial charge >= 0.3 is 6.18 Å². The summed E-state index contributed by atoms with van der Waals surface area (Å²) < 4.78 is 43.9. The van der Waals surface area contributed by atoms with Crippen LogP contribution in [-0.2, 0) is 20.6 Å². The van der Waals surface area contributed by atoms with Crippen LogP contribution in [0.3, 0.4) is 0 Å². The van der Waals surface area contributed by atoms with Crippen molar-refractivity contribution >= 4 is 40.9 Å². The third kappa shape index (κ3) is 7.88. The number of phenolic OH excluding ortho intramolecular Hbond substituents is 1. The summed E-state index contributed by atoms with van der Waals surface area (Å²) in [5.41, 5.74) is 1.13. The Bertz CT molecular complexity index is 2140. The number of hydrogen-bond donors (Lipinski definition) is 5. The third-order valence-corrected chi connectivity index (χ3v) is 8.15. The fourth-order valence-corrected chi connectivity index (χ4v) is 5.56. The van der Waals surface area contributed by atoms with E-state index in [1.807, 2.05) is 5.10 Å². The molecule has 5 amide bonds. The SMILES string of the molecule is O=C1CCC(N2C(=O)c3ccc(C#CCCCNc4ccc(NC(=O)COc5ccc(-c6cc(C(F)(F)F)[nH]n6)c(O)c5)cc4)cc3C2=O)C(=O)N1. The molecular weight excluding hydrogens is 685 g/mol. The normalized spacial score (nSPS) is 15.4. The number of carbonyl (C=O) groups is 5. The molecule has 16 heteroatoms. The Balaban J connectivity index is 0.920. The molecule has 6 rings (SSSR count). The molecular formula is C36H29F3N6O7. The lowest BCUT2D eigenvalue weighted by Crippen LogP contribution is -2.54. The molecule has 13 nitrogen and oxygen atoms in total. The van der Waals surface area contributed by atoms with Crippen LogP contribution in [0.5, 0.6) is 11.5 Å². The molecule has 5 N–H and O–H groups in total. The van der Waals surface area contributed by atoms with Gasteiger partial charge in [0.1, 0.15) is 23.2 Å². The monoisotopic (exact) mass is 714 g/mol. The summed E-state index contributed by atoms with van der Waals surface area (Å²) in [6.07, 6.45) is -3.25. The van der Waals surface area contributed by atoms with Gasteiger partial charge in [-0.1, -0.05) is 11.8 Å². The van der Waals surface area contributed by atoms with Crippen LogP contribution in [0, 0.1) is 11.8 Å². The predicted octanol–water partition coefficient (Wildman–Crippen LogP) is 4.46. The molecule has 1 atom stereocenters. The third-order valence-electron chi connectivity index (χ3n) is 8.15. The minimum atomic E-state index is -4.61. The van der Waals surface area contributed by atoms with Crippen LogP contribution in [0.25, 0.3) is 11.3 Å². The number of halogens is 3. The molecule has 2 aliphatic heterocycles. The van der Waals surface area contributed by atoms with Gasteiger partial charge in [0.15, 0.2) is 6.61 Å². The molecule has 3 aromatic carbocycles. The number of carbonyl (C=O) groups excluding carboxylic acids is 5. The first kappa shape index (κ1) is 35.2. The van der Waals surface area contributed by atoms with E-state index in [0.717, 1.165) is 16.7 Å². The van der Waals surface area contributed by atoms with E-state index >= 15 is 0 Å². The highest BCUT2D eigenvalue weighted by molar-refractivity contribution is 6.23. The van der Waals surface area contributed by atoms with Crippen molar-refractivity contribution in [2.45, 2.75) is 37.9 Å². The number of phenols is 1. The number of alkyl halides is 3. The number of aromatic nitrogens is 2. The van der Waals surface area contributed by atoms with Crippen LogP contribution >= 0.6 is 0 Å². The molecule has 2 aliphatic rings. The van der Waals surface area contributed by atoms with Crippen molar-refractivity contribution in [2.24, 2.45) is 0 Å². The highest BCUT2D eigenvalue weighted by Gasteiger charge is 2.44. The van der Waals surface area contributed by atoms with Crippen LogP contribution in [-0.4, -0.2) is 68.9 Å². The first-order valence-corrected chi connectivity index (χ1v) is 15.9. The molecule has 3 heterocycles. The zero-order valence-electron chi connectivity index (χ0n) is 27.1. The van der Waals surface area contributed by atoms with Gasteiger partial charge in [0.2, 0.25) is 11.8 Å². The highest BCUT2D eigenvalue weighted by atomic mass is 19.4. The number of H-pyrrole nitrogens is 1. The van der Waals surface area contributed by atoms with Gasteiger partial charge in [0, 0.05) is 48.0 Å². The Morgan fingerprint density at radius 3 is 2.40 bits per heavy atom. The van der Waals surface area contributed by atoms with Crippen LogP contribution in [0.1, 0.15) is 57.7 Å². The molecule has 52 heavy (non-hydrogen) atoms. The Morgan fingerprint density at radius 1 is 0.962 bits per heavy atom. The second-order valence-corrected chi connectivity index (χ2v) is 11.8. The summed E-state index contributed by atoms with van der Waals surface area (Å²) >= 11 is 0. The summed E-state index contributed by atoms with van der Waals surface area (Å²) in [6.45, 7) is 0.211. The van der Waals surface area contributed by atoms with Crippen molar-refractivity contribution in [3.8, 4) is 34.6 Å². The second-order valence-electron chi connectivity index (χ2n) is 11.8. The van der Waals surface area contributed by atoms with Crippen LogP contribution in [0.4, 0.5) is 24.5 Å². The Labute approximate surface area is 293 Å². The van der Waals surface area contributed by atoms with E-state index in [-0.39, 0.29) is 53.3 Å². The first-order chi connectivity index (χ1) is 24.9. The molecule has 4 aromatic rings. The molecule has 0 saturated carbocycles. The van der Waals surface area contributed by atoms with Crippen molar-refractivity contribution in [1.29, 1.82) is 0 Å². The fraction of sp³-hybridized carbons (Fsp3) is 0.222. The van der Waals surface area contributed by atoms with Crippen molar-refractivity contribution < 1.29 is 47.0 Å². The molecule has 1 saturated heterocycles. The maximum atomic E-state index is 13.0. The molecule has 1 aromatic heterocycles. The number of unbranched alkanes of at least 4 members (excludes halogenated alkanes) is 1. The summed E-state index contributed by atoms with van der Waals surface area (Å²) in [5.74, 6) is 3.06. The van der Waals surface area contributed by atoms with Crippen molar-refractivity contribution in [3.63, 3.8) is 0 Å². The molecule has 0 spiro atoms. The van der Waals surface area contributed by atoms with E-state index in [1.54, 1.807) is 30.3 Å². The van der Waals surface area contributed by atoms with Crippen molar-refractivity contribution in [3.05, 3.63) is 89.1 Å². The average Bonchev–Trinajstić information content (AvgIpc) is 3.70. The number of hydrogen-bond acceptors (Lipinski definition) is 9. The van der Waals surface area contributed by atoms with E-state index in [9.17, 15) is 42.3 Å². The number of anilines is 2. The zero-order chi connectivity index (χ0) is 37.0. The largest absolute Gasteiger partial charge is 0.507 e. The maximum Gasteiger partial charge on any atom is 0.432 e. The lowest BCUT2D eigenvalue weighted by atomic mass is 10.0. The van der Waals surface area contributed by atoms with Crippen molar-refractivity contribution in [2.75, 3.05) is 23.8 Å². The molecule has 1 fully saturated rings. The van der Waals surface area contributed by atoms with E-state index in [0.29, 0.717) is 30.6 Å². The molecule has 0 aliphatic carbocycles. The lowest BCUT2D eigenvalue weighted by Gasteiger charge is -2.27. The first-order valence-electron chi connectivity index (χ1n) is 15.9. The number of ether oxygens (including phenoxy) is 1. The van der Waals surface area contributed by atoms with Gasteiger partial charge in [0.25, 0.3) is 17.7 Å². The van der Waals surface area contributed by atoms with Crippen molar-refractivity contribution in [1.82, 2.24) is 20.4 Å². The topological polar surface area (TPSA) is 183 Å². The number of fused-ring (bicyclic) bond motifs is 1. The van der Waals surface area contributed by atoms with Gasteiger partial charge in [-0.2, -0.15) is 18.3 Å². The number of amides is 5. The number of nitrogens with zero attached hydrogens (tertiary/aromatic N) is 2. The summed E-state index contributed by atoms with van der Waals surface area (Å²) in [4.78, 5) is 62.9. The Hall–Kier alpha value is -6.63. The van der Waals surface area contributed by atoms with Crippen LogP contribution in [0.15, 0.2) is 66.7 Å². The average molecular weight is 715 g/mol. The van der Waals surface area contributed by atoms with Gasteiger partial charge in [-0.25, -0.2) is 0 Å². The summed E-state index contributed by atoms with van der Waals surface area (Å²) in [6, 6.07) is 15.3. The molecule has 1 unspecified atom stereocenters. The minimum absolute atomic E-state index is 0.0439. The fourth-order valence-electron chi connectivity index (χ4n) is 5.56. The number of aromatic hydroxyl groups is 1. The lowest BCUT2D eigenvalue weighted by molar-refractivity contribution is -0.141.